The highest BCUT2D eigenvalue weighted by Gasteiger charge is 2.32. The fourth-order valence-electron chi connectivity index (χ4n) is 3.80. The van der Waals surface area contributed by atoms with Crippen LogP contribution in [0.4, 0.5) is 0 Å². The molecule has 0 atom stereocenters. The standard InChI is InChI=1S/C22H29NO3/c1-22(2)16-18-11-8-12-19(21(18)26-22)25-14-7-6-13-23-20(24)15-17-9-4-3-5-10-17/h8,11-12,17H,3-5,9-10,13-16H2,1-2H3,(H,23,24). The maximum Gasteiger partial charge on any atom is 0.221 e. The summed E-state index contributed by atoms with van der Waals surface area (Å²) in [6.07, 6.45) is 7.75. The molecule has 1 fully saturated rings. The Hall–Kier alpha value is -2.15. The van der Waals surface area contributed by atoms with Gasteiger partial charge in [-0.05, 0) is 38.7 Å². The molecule has 140 valence electrons. The van der Waals surface area contributed by atoms with Crippen LogP contribution in [0.25, 0.3) is 0 Å². The molecule has 4 nitrogen and oxygen atoms in total. The Morgan fingerprint density at radius 3 is 2.88 bits per heavy atom. The highest BCUT2D eigenvalue weighted by Crippen LogP contribution is 2.41. The number of carbonyl (C=O) groups excluding carboxylic acids is 1. The van der Waals surface area contributed by atoms with E-state index in [9.17, 15) is 4.79 Å². The molecule has 1 aromatic carbocycles. The number of rotatable bonds is 5. The molecule has 0 spiro atoms. The molecule has 1 aliphatic heterocycles. The lowest BCUT2D eigenvalue weighted by atomic mass is 9.87. The fourth-order valence-corrected chi connectivity index (χ4v) is 3.80. The summed E-state index contributed by atoms with van der Waals surface area (Å²) < 4.78 is 11.7. The van der Waals surface area contributed by atoms with Gasteiger partial charge in [-0.1, -0.05) is 43.2 Å². The Kier molecular flexibility index (Phi) is 6.08. The number of nitrogens with one attached hydrogen (secondary N) is 1. The summed E-state index contributed by atoms with van der Waals surface area (Å²) in [6, 6.07) is 5.97. The molecule has 1 saturated carbocycles. The molecule has 0 bridgehead atoms. The van der Waals surface area contributed by atoms with Crippen LogP contribution < -0.4 is 14.8 Å². The summed E-state index contributed by atoms with van der Waals surface area (Å²) >= 11 is 0. The van der Waals surface area contributed by atoms with Crippen molar-refractivity contribution in [3.63, 3.8) is 0 Å². The van der Waals surface area contributed by atoms with Gasteiger partial charge in [-0.15, -0.1) is 0 Å². The maximum absolute atomic E-state index is 11.9. The van der Waals surface area contributed by atoms with Gasteiger partial charge in [0.25, 0.3) is 0 Å². The monoisotopic (exact) mass is 355 g/mol. The van der Waals surface area contributed by atoms with Gasteiger partial charge in [0.15, 0.2) is 11.5 Å². The molecule has 0 radical (unpaired) electrons. The summed E-state index contributed by atoms with van der Waals surface area (Å²) in [4.78, 5) is 11.9. The number of ether oxygens (including phenoxy) is 2. The Bertz CT molecular complexity index is 693. The van der Waals surface area contributed by atoms with E-state index in [2.05, 4.69) is 37.1 Å². The highest BCUT2D eigenvalue weighted by atomic mass is 16.5. The van der Waals surface area contributed by atoms with Gasteiger partial charge in [0, 0.05) is 18.4 Å². The van der Waals surface area contributed by atoms with E-state index in [1.807, 2.05) is 12.1 Å². The predicted octanol–water partition coefficient (Wildman–Crippen LogP) is 3.87. The Morgan fingerprint density at radius 1 is 1.27 bits per heavy atom. The van der Waals surface area contributed by atoms with Gasteiger partial charge in [-0.3, -0.25) is 4.79 Å². The first-order chi connectivity index (χ1) is 12.5. The number of hydrogen-bond donors (Lipinski definition) is 1. The van der Waals surface area contributed by atoms with Crippen molar-refractivity contribution in [2.24, 2.45) is 5.92 Å². The van der Waals surface area contributed by atoms with Crippen LogP contribution in [-0.4, -0.2) is 24.7 Å². The summed E-state index contributed by atoms with van der Waals surface area (Å²) in [7, 11) is 0. The minimum absolute atomic E-state index is 0.114. The van der Waals surface area contributed by atoms with E-state index in [0.29, 0.717) is 25.5 Å². The lowest BCUT2D eigenvalue weighted by Gasteiger charge is -2.20. The van der Waals surface area contributed by atoms with Gasteiger partial charge in [0.2, 0.25) is 5.91 Å². The highest BCUT2D eigenvalue weighted by molar-refractivity contribution is 5.76. The van der Waals surface area contributed by atoms with Crippen LogP contribution in [0.15, 0.2) is 18.2 Å². The van der Waals surface area contributed by atoms with E-state index >= 15 is 0 Å². The minimum Gasteiger partial charge on any atom is -0.483 e. The van der Waals surface area contributed by atoms with Crippen LogP contribution in [-0.2, 0) is 11.2 Å². The van der Waals surface area contributed by atoms with Crippen molar-refractivity contribution in [2.75, 3.05) is 13.2 Å². The molecule has 3 rings (SSSR count). The summed E-state index contributed by atoms with van der Waals surface area (Å²) in [5, 5.41) is 2.89. The minimum atomic E-state index is -0.184. The summed E-state index contributed by atoms with van der Waals surface area (Å²) in [5.74, 6) is 8.17. The molecule has 1 amide bonds. The van der Waals surface area contributed by atoms with Crippen LogP contribution in [0.5, 0.6) is 11.5 Å². The SMILES string of the molecule is CC1(C)Cc2cccc(OCC#CCNC(=O)CC3CCCCC3)c2O1. The lowest BCUT2D eigenvalue weighted by Crippen LogP contribution is -2.26. The zero-order valence-electron chi connectivity index (χ0n) is 15.9. The average Bonchev–Trinajstić information content (AvgIpc) is 2.93. The second-order valence-corrected chi connectivity index (χ2v) is 7.91. The molecule has 26 heavy (non-hydrogen) atoms. The van der Waals surface area contributed by atoms with Crippen molar-refractivity contribution in [1.82, 2.24) is 5.32 Å². The third-order valence-corrected chi connectivity index (χ3v) is 5.05. The van der Waals surface area contributed by atoms with Crippen LogP contribution >= 0.6 is 0 Å². The van der Waals surface area contributed by atoms with Crippen molar-refractivity contribution < 1.29 is 14.3 Å². The lowest BCUT2D eigenvalue weighted by molar-refractivity contribution is -0.122. The maximum atomic E-state index is 11.9. The summed E-state index contributed by atoms with van der Waals surface area (Å²) in [5.41, 5.74) is 0.992. The zero-order valence-corrected chi connectivity index (χ0v) is 15.9. The third kappa shape index (κ3) is 5.17. The van der Waals surface area contributed by atoms with Crippen molar-refractivity contribution in [3.8, 4) is 23.3 Å². The van der Waals surface area contributed by atoms with E-state index < -0.39 is 0 Å². The van der Waals surface area contributed by atoms with Gasteiger partial charge in [-0.2, -0.15) is 0 Å². The van der Waals surface area contributed by atoms with E-state index in [0.717, 1.165) is 17.9 Å². The first-order valence-electron chi connectivity index (χ1n) is 9.70. The van der Waals surface area contributed by atoms with Crippen molar-refractivity contribution in [3.05, 3.63) is 23.8 Å². The molecule has 0 saturated heterocycles. The Labute approximate surface area is 156 Å². The van der Waals surface area contributed by atoms with Crippen molar-refractivity contribution in [2.45, 2.75) is 64.4 Å². The van der Waals surface area contributed by atoms with Gasteiger partial charge in [0.1, 0.15) is 12.2 Å². The number of benzene rings is 1. The largest absolute Gasteiger partial charge is 0.483 e. The smallest absolute Gasteiger partial charge is 0.221 e. The molecule has 1 aromatic rings. The molecule has 0 aromatic heterocycles. The van der Waals surface area contributed by atoms with E-state index in [4.69, 9.17) is 9.47 Å². The summed E-state index contributed by atoms with van der Waals surface area (Å²) in [6.45, 7) is 4.82. The number of hydrogen-bond acceptors (Lipinski definition) is 3. The second-order valence-electron chi connectivity index (χ2n) is 7.91. The van der Waals surface area contributed by atoms with E-state index in [1.54, 1.807) is 0 Å². The number of amides is 1. The molecular formula is C22H29NO3. The van der Waals surface area contributed by atoms with E-state index in [-0.39, 0.29) is 11.5 Å². The molecular weight excluding hydrogens is 326 g/mol. The third-order valence-electron chi connectivity index (χ3n) is 5.05. The topological polar surface area (TPSA) is 47.6 Å². The van der Waals surface area contributed by atoms with Gasteiger partial charge in [0.05, 0.1) is 6.54 Å². The quantitative estimate of drug-likeness (QED) is 0.816. The Balaban J connectivity index is 1.39. The van der Waals surface area contributed by atoms with Crippen molar-refractivity contribution in [1.29, 1.82) is 0 Å². The normalized spacial score (nSPS) is 18.2. The number of carbonyl (C=O) groups is 1. The molecule has 0 unspecified atom stereocenters. The van der Waals surface area contributed by atoms with Crippen molar-refractivity contribution >= 4 is 5.91 Å². The zero-order chi connectivity index (χ0) is 18.4. The molecule has 1 aliphatic carbocycles. The fraction of sp³-hybridized carbons (Fsp3) is 0.591. The van der Waals surface area contributed by atoms with Gasteiger partial charge >= 0.3 is 0 Å². The first-order valence-corrected chi connectivity index (χ1v) is 9.70. The van der Waals surface area contributed by atoms with Crippen LogP contribution in [0.1, 0.15) is 57.9 Å². The van der Waals surface area contributed by atoms with Gasteiger partial charge in [-0.25, -0.2) is 0 Å². The first kappa shape index (κ1) is 18.6. The predicted molar refractivity (Wildman–Crippen MR) is 102 cm³/mol. The molecule has 1 N–H and O–H groups in total. The van der Waals surface area contributed by atoms with Crippen LogP contribution in [0.3, 0.4) is 0 Å². The van der Waals surface area contributed by atoms with E-state index in [1.165, 1.54) is 37.7 Å². The average molecular weight is 355 g/mol. The second kappa shape index (κ2) is 8.49. The number of fused-ring (bicyclic) bond motifs is 1. The van der Waals surface area contributed by atoms with Gasteiger partial charge < -0.3 is 14.8 Å². The van der Waals surface area contributed by atoms with Crippen LogP contribution in [0.2, 0.25) is 0 Å². The molecule has 1 heterocycles. The molecule has 2 aliphatic rings. The Morgan fingerprint density at radius 2 is 2.08 bits per heavy atom. The number of para-hydroxylation sites is 1. The molecule has 4 heteroatoms. The van der Waals surface area contributed by atoms with Crippen LogP contribution in [0, 0.1) is 17.8 Å².